The fourth-order valence-electron chi connectivity index (χ4n) is 1.94. The molecule has 0 saturated heterocycles. The number of hydrogen-bond acceptors (Lipinski definition) is 2. The molecule has 1 amide bonds. The molecule has 0 fully saturated rings. The number of nitrogens with one attached hydrogen (secondary N) is 1. The lowest BCUT2D eigenvalue weighted by atomic mass is 10.1. The van der Waals surface area contributed by atoms with Crippen molar-refractivity contribution in [3.63, 3.8) is 0 Å². The zero-order valence-electron chi connectivity index (χ0n) is 12.2. The van der Waals surface area contributed by atoms with E-state index in [4.69, 9.17) is 4.74 Å². The quantitative estimate of drug-likeness (QED) is 0.753. The van der Waals surface area contributed by atoms with Crippen LogP contribution in [0.4, 0.5) is 0 Å². The van der Waals surface area contributed by atoms with E-state index in [1.54, 1.807) is 6.92 Å². The van der Waals surface area contributed by atoms with Crippen LogP contribution in [-0.4, -0.2) is 18.1 Å². The summed E-state index contributed by atoms with van der Waals surface area (Å²) >= 11 is 6.80. The first-order chi connectivity index (χ1) is 9.29. The number of rotatable bonds is 6. The van der Waals surface area contributed by atoms with Gasteiger partial charge in [-0.25, -0.2) is 0 Å². The molecule has 3 nitrogen and oxygen atoms in total. The maximum atomic E-state index is 12.1. The van der Waals surface area contributed by atoms with Crippen LogP contribution in [0, 0.1) is 5.92 Å². The van der Waals surface area contributed by atoms with E-state index in [1.807, 2.05) is 25.1 Å². The van der Waals surface area contributed by atoms with Crippen LogP contribution in [0.5, 0.6) is 5.75 Å². The third kappa shape index (κ3) is 5.83. The molecule has 0 bridgehead atoms. The molecule has 112 valence electrons. The highest BCUT2D eigenvalue weighted by Gasteiger charge is 2.18. The lowest BCUT2D eigenvalue weighted by molar-refractivity contribution is -0.128. The van der Waals surface area contributed by atoms with Gasteiger partial charge in [-0.15, -0.1) is 0 Å². The molecule has 2 unspecified atom stereocenters. The Bertz CT molecular complexity index is 463. The molecule has 0 spiro atoms. The average molecular weight is 407 g/mol. The van der Waals surface area contributed by atoms with Gasteiger partial charge in [0.05, 0.1) is 4.47 Å². The van der Waals surface area contributed by atoms with Crippen molar-refractivity contribution in [3.05, 3.63) is 27.1 Å². The first-order valence-corrected chi connectivity index (χ1v) is 8.30. The van der Waals surface area contributed by atoms with E-state index < -0.39 is 6.10 Å². The number of hydrogen-bond donors (Lipinski definition) is 1. The SMILES string of the molecule is CC(C)CC(C)NC(=O)C(C)Oc1ccc(Br)cc1Br. The van der Waals surface area contributed by atoms with Gasteiger partial charge in [-0.2, -0.15) is 0 Å². The largest absolute Gasteiger partial charge is 0.480 e. The molecular weight excluding hydrogens is 386 g/mol. The number of amides is 1. The van der Waals surface area contributed by atoms with E-state index in [1.165, 1.54) is 0 Å². The Morgan fingerprint density at radius 2 is 1.90 bits per heavy atom. The second-order valence-corrected chi connectivity index (χ2v) is 7.14. The van der Waals surface area contributed by atoms with Crippen LogP contribution < -0.4 is 10.1 Å². The van der Waals surface area contributed by atoms with E-state index in [-0.39, 0.29) is 11.9 Å². The number of benzene rings is 1. The van der Waals surface area contributed by atoms with Crippen LogP contribution in [0.15, 0.2) is 27.1 Å². The lowest BCUT2D eigenvalue weighted by Crippen LogP contribution is -2.41. The predicted octanol–water partition coefficient (Wildman–Crippen LogP) is 4.53. The van der Waals surface area contributed by atoms with Crippen molar-refractivity contribution >= 4 is 37.8 Å². The maximum Gasteiger partial charge on any atom is 0.260 e. The highest BCUT2D eigenvalue weighted by atomic mass is 79.9. The first kappa shape index (κ1) is 17.5. The normalized spacial score (nSPS) is 13.9. The summed E-state index contributed by atoms with van der Waals surface area (Å²) in [6.07, 6.45) is 0.433. The van der Waals surface area contributed by atoms with E-state index in [9.17, 15) is 4.79 Å². The van der Waals surface area contributed by atoms with Crippen LogP contribution in [0.25, 0.3) is 0 Å². The molecule has 0 radical (unpaired) electrons. The van der Waals surface area contributed by atoms with Crippen LogP contribution >= 0.6 is 31.9 Å². The zero-order chi connectivity index (χ0) is 15.3. The van der Waals surface area contributed by atoms with E-state index >= 15 is 0 Å². The van der Waals surface area contributed by atoms with Gasteiger partial charge < -0.3 is 10.1 Å². The van der Waals surface area contributed by atoms with Crippen LogP contribution in [-0.2, 0) is 4.79 Å². The molecule has 0 aliphatic carbocycles. The van der Waals surface area contributed by atoms with Gasteiger partial charge in [0.1, 0.15) is 5.75 Å². The predicted molar refractivity (Wildman–Crippen MR) is 89.0 cm³/mol. The number of halogens is 2. The van der Waals surface area contributed by atoms with Crippen LogP contribution in [0.1, 0.15) is 34.1 Å². The molecule has 1 rings (SSSR count). The summed E-state index contributed by atoms with van der Waals surface area (Å²) in [4.78, 5) is 12.1. The first-order valence-electron chi connectivity index (χ1n) is 6.71. The Kier molecular flexibility index (Phi) is 7.03. The highest BCUT2D eigenvalue weighted by Crippen LogP contribution is 2.28. The molecule has 0 aromatic heterocycles. The van der Waals surface area contributed by atoms with Gasteiger partial charge >= 0.3 is 0 Å². The molecule has 0 heterocycles. The minimum Gasteiger partial charge on any atom is -0.480 e. The zero-order valence-corrected chi connectivity index (χ0v) is 15.4. The second-order valence-electron chi connectivity index (χ2n) is 5.37. The standard InChI is InChI=1S/C15H21Br2NO2/c1-9(2)7-10(3)18-15(19)11(4)20-14-6-5-12(16)8-13(14)17/h5-6,8-11H,7H2,1-4H3,(H,18,19). The van der Waals surface area contributed by atoms with E-state index in [2.05, 4.69) is 51.0 Å². The summed E-state index contributed by atoms with van der Waals surface area (Å²) in [5.74, 6) is 1.13. The van der Waals surface area contributed by atoms with Gasteiger partial charge in [-0.3, -0.25) is 4.79 Å². The van der Waals surface area contributed by atoms with Crippen LogP contribution in [0.3, 0.4) is 0 Å². The molecule has 0 aliphatic rings. The maximum absolute atomic E-state index is 12.1. The van der Waals surface area contributed by atoms with Crippen molar-refractivity contribution < 1.29 is 9.53 Å². The minimum absolute atomic E-state index is 0.0898. The Hall–Kier alpha value is -0.550. The number of carbonyl (C=O) groups is 1. The second kappa shape index (κ2) is 8.03. The van der Waals surface area contributed by atoms with Crippen molar-refractivity contribution in [2.24, 2.45) is 5.92 Å². The summed E-state index contributed by atoms with van der Waals surface area (Å²) in [7, 11) is 0. The Morgan fingerprint density at radius 1 is 1.25 bits per heavy atom. The smallest absolute Gasteiger partial charge is 0.260 e. The van der Waals surface area contributed by atoms with Gasteiger partial charge in [0, 0.05) is 10.5 Å². The Balaban J connectivity index is 2.57. The van der Waals surface area contributed by atoms with E-state index in [0.29, 0.717) is 11.7 Å². The third-order valence-corrected chi connectivity index (χ3v) is 3.89. The van der Waals surface area contributed by atoms with Gasteiger partial charge in [-0.1, -0.05) is 29.8 Å². The molecule has 0 aliphatic heterocycles. The fraction of sp³-hybridized carbons (Fsp3) is 0.533. The van der Waals surface area contributed by atoms with Crippen LogP contribution in [0.2, 0.25) is 0 Å². The Labute approximate surface area is 137 Å². The van der Waals surface area contributed by atoms with Crippen molar-refractivity contribution in [1.29, 1.82) is 0 Å². The average Bonchev–Trinajstić information content (AvgIpc) is 2.31. The number of ether oxygens (including phenoxy) is 1. The Morgan fingerprint density at radius 3 is 2.45 bits per heavy atom. The van der Waals surface area contributed by atoms with Crippen molar-refractivity contribution in [3.8, 4) is 5.75 Å². The summed E-state index contributed by atoms with van der Waals surface area (Å²) in [6.45, 7) is 8.05. The molecular formula is C15H21Br2NO2. The minimum atomic E-state index is -0.526. The molecule has 1 N–H and O–H groups in total. The molecule has 5 heteroatoms. The summed E-state index contributed by atoms with van der Waals surface area (Å²) in [5.41, 5.74) is 0. The third-order valence-electron chi connectivity index (χ3n) is 2.78. The molecule has 1 aromatic rings. The summed E-state index contributed by atoms with van der Waals surface area (Å²) in [5, 5.41) is 2.97. The summed E-state index contributed by atoms with van der Waals surface area (Å²) in [6, 6.07) is 5.75. The fourth-order valence-corrected chi connectivity index (χ4v) is 3.08. The van der Waals surface area contributed by atoms with E-state index in [0.717, 1.165) is 15.4 Å². The van der Waals surface area contributed by atoms with Gasteiger partial charge in [0.15, 0.2) is 6.10 Å². The molecule has 2 atom stereocenters. The van der Waals surface area contributed by atoms with Gasteiger partial charge in [-0.05, 0) is 60.3 Å². The van der Waals surface area contributed by atoms with Gasteiger partial charge in [0.25, 0.3) is 5.91 Å². The number of carbonyl (C=O) groups excluding carboxylic acids is 1. The van der Waals surface area contributed by atoms with Crippen molar-refractivity contribution in [1.82, 2.24) is 5.32 Å². The molecule has 0 saturated carbocycles. The highest BCUT2D eigenvalue weighted by molar-refractivity contribution is 9.11. The monoisotopic (exact) mass is 405 g/mol. The molecule has 1 aromatic carbocycles. The summed E-state index contributed by atoms with van der Waals surface area (Å²) < 4.78 is 7.47. The molecule has 20 heavy (non-hydrogen) atoms. The van der Waals surface area contributed by atoms with Crippen molar-refractivity contribution in [2.75, 3.05) is 0 Å². The lowest BCUT2D eigenvalue weighted by Gasteiger charge is -2.20. The van der Waals surface area contributed by atoms with Gasteiger partial charge in [0.2, 0.25) is 0 Å². The topological polar surface area (TPSA) is 38.3 Å². The van der Waals surface area contributed by atoms with Crippen molar-refractivity contribution in [2.45, 2.75) is 46.3 Å².